The molecule has 0 saturated heterocycles. The summed E-state index contributed by atoms with van der Waals surface area (Å²) in [6.45, 7) is 0. The molecule has 1 aromatic carbocycles. The highest BCUT2D eigenvalue weighted by Gasteiger charge is 2.18. The van der Waals surface area contributed by atoms with Crippen LogP contribution in [0.3, 0.4) is 0 Å². The third kappa shape index (κ3) is 2.75. The predicted molar refractivity (Wildman–Crippen MR) is 76.9 cm³/mol. The van der Waals surface area contributed by atoms with Gasteiger partial charge in [-0.25, -0.2) is 4.68 Å². The van der Waals surface area contributed by atoms with Crippen LogP contribution in [0.15, 0.2) is 24.3 Å². The molecule has 1 aliphatic carbocycles. The van der Waals surface area contributed by atoms with Crippen molar-refractivity contribution in [1.82, 2.24) is 14.8 Å². The van der Waals surface area contributed by atoms with E-state index in [-0.39, 0.29) is 0 Å². The quantitative estimate of drug-likeness (QED) is 0.868. The summed E-state index contributed by atoms with van der Waals surface area (Å²) in [6.07, 6.45) is 2.41. The standard InChI is InChI=1S/C15H16N4O/c1-19-14(10-9-11-7-8-11)17-15(18-19)16-12-5-3-4-6-13(12)20-2/h3-6,11H,7-8H2,1-2H3,(H,16,18). The number of hydrogen-bond acceptors (Lipinski definition) is 4. The molecule has 0 amide bonds. The molecule has 102 valence electrons. The average molecular weight is 268 g/mol. The maximum atomic E-state index is 5.29. The van der Waals surface area contributed by atoms with E-state index in [9.17, 15) is 0 Å². The summed E-state index contributed by atoms with van der Waals surface area (Å²) < 4.78 is 6.98. The minimum atomic E-state index is 0.525. The third-order valence-electron chi connectivity index (χ3n) is 3.08. The van der Waals surface area contributed by atoms with E-state index >= 15 is 0 Å². The second kappa shape index (κ2) is 5.25. The SMILES string of the molecule is COc1ccccc1Nc1nc(C#CC2CC2)n(C)n1. The van der Waals surface area contributed by atoms with Crippen molar-refractivity contribution < 1.29 is 4.74 Å². The molecule has 0 spiro atoms. The molecule has 1 fully saturated rings. The van der Waals surface area contributed by atoms with Crippen LogP contribution >= 0.6 is 0 Å². The van der Waals surface area contributed by atoms with E-state index in [1.807, 2.05) is 31.3 Å². The first kappa shape index (κ1) is 12.5. The van der Waals surface area contributed by atoms with Crippen molar-refractivity contribution in [2.75, 3.05) is 12.4 Å². The Hall–Kier alpha value is -2.48. The molecule has 5 nitrogen and oxygen atoms in total. The molecule has 3 rings (SSSR count). The Morgan fingerprint density at radius 3 is 2.90 bits per heavy atom. The highest BCUT2D eigenvalue weighted by atomic mass is 16.5. The minimum Gasteiger partial charge on any atom is -0.495 e. The van der Waals surface area contributed by atoms with Crippen LogP contribution in [0.25, 0.3) is 0 Å². The first-order chi connectivity index (χ1) is 9.76. The van der Waals surface area contributed by atoms with Crippen molar-refractivity contribution in [1.29, 1.82) is 0 Å². The van der Waals surface area contributed by atoms with E-state index in [2.05, 4.69) is 27.2 Å². The number of benzene rings is 1. The molecular weight excluding hydrogens is 252 g/mol. The van der Waals surface area contributed by atoms with Gasteiger partial charge in [0.2, 0.25) is 11.8 Å². The molecule has 20 heavy (non-hydrogen) atoms. The van der Waals surface area contributed by atoms with Gasteiger partial charge in [-0.05, 0) is 30.9 Å². The molecule has 1 heterocycles. The average Bonchev–Trinajstić information content (AvgIpc) is 3.22. The Kier molecular flexibility index (Phi) is 3.30. The van der Waals surface area contributed by atoms with Crippen LogP contribution < -0.4 is 10.1 Å². The van der Waals surface area contributed by atoms with E-state index in [0.717, 1.165) is 11.4 Å². The van der Waals surface area contributed by atoms with Gasteiger partial charge in [-0.1, -0.05) is 18.1 Å². The maximum absolute atomic E-state index is 5.29. The third-order valence-corrected chi connectivity index (χ3v) is 3.08. The van der Waals surface area contributed by atoms with Crippen LogP contribution in [0, 0.1) is 17.8 Å². The number of ether oxygens (including phenoxy) is 1. The van der Waals surface area contributed by atoms with Crippen molar-refractivity contribution >= 4 is 11.6 Å². The summed E-state index contributed by atoms with van der Waals surface area (Å²) >= 11 is 0. The zero-order valence-electron chi connectivity index (χ0n) is 11.6. The molecule has 0 aliphatic heterocycles. The normalized spacial score (nSPS) is 13.5. The summed E-state index contributed by atoms with van der Waals surface area (Å²) in [5.41, 5.74) is 0.835. The number of nitrogens with one attached hydrogen (secondary N) is 1. The van der Waals surface area contributed by atoms with Gasteiger partial charge in [-0.15, -0.1) is 5.10 Å². The number of para-hydroxylation sites is 2. The summed E-state index contributed by atoms with van der Waals surface area (Å²) in [5.74, 6) is 8.77. The van der Waals surface area contributed by atoms with E-state index in [1.54, 1.807) is 11.8 Å². The lowest BCUT2D eigenvalue weighted by molar-refractivity contribution is 0.417. The van der Waals surface area contributed by atoms with Crippen molar-refractivity contribution in [3.63, 3.8) is 0 Å². The largest absolute Gasteiger partial charge is 0.495 e. The van der Waals surface area contributed by atoms with Gasteiger partial charge in [0.25, 0.3) is 0 Å². The van der Waals surface area contributed by atoms with Crippen LogP contribution in [0.5, 0.6) is 5.75 Å². The van der Waals surface area contributed by atoms with Gasteiger partial charge in [-0.2, -0.15) is 4.98 Å². The van der Waals surface area contributed by atoms with Crippen molar-refractivity contribution in [2.45, 2.75) is 12.8 Å². The first-order valence-corrected chi connectivity index (χ1v) is 6.59. The van der Waals surface area contributed by atoms with E-state index in [0.29, 0.717) is 17.7 Å². The zero-order valence-corrected chi connectivity index (χ0v) is 11.6. The molecular formula is C15H16N4O. The summed E-state index contributed by atoms with van der Waals surface area (Å²) in [4.78, 5) is 4.39. The summed E-state index contributed by atoms with van der Waals surface area (Å²) in [7, 11) is 3.48. The Balaban J connectivity index is 1.81. The minimum absolute atomic E-state index is 0.525. The van der Waals surface area contributed by atoms with Gasteiger partial charge in [0.15, 0.2) is 0 Å². The van der Waals surface area contributed by atoms with E-state index in [4.69, 9.17) is 4.74 Å². The highest BCUT2D eigenvalue weighted by molar-refractivity contribution is 5.62. The fourth-order valence-corrected chi connectivity index (χ4v) is 1.81. The van der Waals surface area contributed by atoms with Gasteiger partial charge in [0.1, 0.15) is 5.75 Å². The predicted octanol–water partition coefficient (Wildman–Crippen LogP) is 2.33. The number of aromatic nitrogens is 3. The van der Waals surface area contributed by atoms with Crippen LogP contribution in [0.1, 0.15) is 18.7 Å². The number of hydrogen-bond donors (Lipinski definition) is 1. The van der Waals surface area contributed by atoms with Gasteiger partial charge < -0.3 is 10.1 Å². The zero-order chi connectivity index (χ0) is 13.9. The van der Waals surface area contributed by atoms with Gasteiger partial charge in [0.05, 0.1) is 12.8 Å². The molecule has 0 unspecified atom stereocenters. The molecule has 1 aliphatic rings. The molecule has 0 bridgehead atoms. The Morgan fingerprint density at radius 1 is 1.35 bits per heavy atom. The highest BCUT2D eigenvalue weighted by Crippen LogP contribution is 2.28. The lowest BCUT2D eigenvalue weighted by atomic mass is 10.3. The van der Waals surface area contributed by atoms with Crippen molar-refractivity contribution in [3.05, 3.63) is 30.1 Å². The molecule has 1 aromatic heterocycles. The second-order valence-electron chi connectivity index (χ2n) is 4.75. The van der Waals surface area contributed by atoms with Gasteiger partial charge in [0, 0.05) is 13.0 Å². The number of methoxy groups -OCH3 is 1. The van der Waals surface area contributed by atoms with Crippen molar-refractivity contribution in [3.8, 4) is 17.6 Å². The topological polar surface area (TPSA) is 52.0 Å². The van der Waals surface area contributed by atoms with Crippen LogP contribution in [0.4, 0.5) is 11.6 Å². The van der Waals surface area contributed by atoms with Crippen LogP contribution in [-0.4, -0.2) is 21.9 Å². The lowest BCUT2D eigenvalue weighted by Gasteiger charge is -2.07. The molecule has 2 aromatic rings. The molecule has 0 radical (unpaired) electrons. The number of anilines is 2. The molecule has 5 heteroatoms. The number of aryl methyl sites for hydroxylation is 1. The van der Waals surface area contributed by atoms with Crippen LogP contribution in [-0.2, 0) is 7.05 Å². The molecule has 1 saturated carbocycles. The number of nitrogens with zero attached hydrogens (tertiary/aromatic N) is 3. The van der Waals surface area contributed by atoms with Crippen LogP contribution in [0.2, 0.25) is 0 Å². The Bertz CT molecular complexity index is 677. The smallest absolute Gasteiger partial charge is 0.247 e. The Morgan fingerprint density at radius 2 is 2.15 bits per heavy atom. The summed E-state index contributed by atoms with van der Waals surface area (Å²) in [5, 5.41) is 7.47. The van der Waals surface area contributed by atoms with Gasteiger partial charge >= 0.3 is 0 Å². The first-order valence-electron chi connectivity index (χ1n) is 6.59. The maximum Gasteiger partial charge on any atom is 0.247 e. The number of rotatable bonds is 3. The molecule has 0 atom stereocenters. The van der Waals surface area contributed by atoms with Crippen molar-refractivity contribution in [2.24, 2.45) is 13.0 Å². The van der Waals surface area contributed by atoms with Gasteiger partial charge in [-0.3, -0.25) is 0 Å². The molecule has 1 N–H and O–H groups in total. The van der Waals surface area contributed by atoms with E-state index in [1.165, 1.54) is 12.8 Å². The fourth-order valence-electron chi connectivity index (χ4n) is 1.81. The Labute approximate surface area is 118 Å². The lowest BCUT2D eigenvalue weighted by Crippen LogP contribution is -1.97. The summed E-state index contributed by atoms with van der Waals surface area (Å²) in [6, 6.07) is 7.66. The monoisotopic (exact) mass is 268 g/mol. The fraction of sp³-hybridized carbons (Fsp3) is 0.333. The van der Waals surface area contributed by atoms with E-state index < -0.39 is 0 Å². The second-order valence-corrected chi connectivity index (χ2v) is 4.75.